The first kappa shape index (κ1) is 12.6. The monoisotopic (exact) mass is 316 g/mol. The third-order valence-electron chi connectivity index (χ3n) is 3.05. The highest BCUT2D eigenvalue weighted by Gasteiger charge is 2.21. The number of nitrogens with zero attached hydrogens (tertiary/aromatic N) is 3. The molecule has 0 bridgehead atoms. The molecule has 0 amide bonds. The van der Waals surface area contributed by atoms with E-state index >= 15 is 0 Å². The summed E-state index contributed by atoms with van der Waals surface area (Å²) in [5, 5.41) is 11.7. The van der Waals surface area contributed by atoms with E-state index in [1.165, 1.54) is 11.8 Å². The van der Waals surface area contributed by atoms with Gasteiger partial charge in [0.2, 0.25) is 11.0 Å². The van der Waals surface area contributed by atoms with Gasteiger partial charge in [-0.1, -0.05) is 41.6 Å². The van der Waals surface area contributed by atoms with E-state index in [0.29, 0.717) is 16.6 Å². The summed E-state index contributed by atoms with van der Waals surface area (Å²) < 4.78 is 7.18. The summed E-state index contributed by atoms with van der Waals surface area (Å²) in [5.41, 5.74) is 5.10. The van der Waals surface area contributed by atoms with Gasteiger partial charge in [0.15, 0.2) is 5.76 Å². The molecular formula is C14H9ClN4OS. The SMILES string of the molecule is Clc1ccccc1C1=CSc2nnc(-c3ccco3)n2N1. The first-order valence-electron chi connectivity index (χ1n) is 6.21. The van der Waals surface area contributed by atoms with E-state index in [1.54, 1.807) is 10.9 Å². The summed E-state index contributed by atoms with van der Waals surface area (Å²) in [7, 11) is 0. The zero-order valence-corrected chi connectivity index (χ0v) is 12.2. The van der Waals surface area contributed by atoms with Crippen LogP contribution in [0.1, 0.15) is 5.56 Å². The van der Waals surface area contributed by atoms with Crippen LogP contribution < -0.4 is 5.43 Å². The maximum atomic E-state index is 6.25. The van der Waals surface area contributed by atoms with Gasteiger partial charge in [-0.25, -0.2) is 4.68 Å². The fraction of sp³-hybridized carbons (Fsp3) is 0. The molecule has 7 heteroatoms. The Morgan fingerprint density at radius 1 is 1.14 bits per heavy atom. The number of rotatable bonds is 2. The van der Waals surface area contributed by atoms with Crippen LogP contribution in [0.5, 0.6) is 0 Å². The molecule has 0 atom stereocenters. The van der Waals surface area contributed by atoms with Crippen molar-refractivity contribution >= 4 is 29.1 Å². The number of nitrogens with one attached hydrogen (secondary N) is 1. The van der Waals surface area contributed by atoms with Crippen molar-refractivity contribution in [1.29, 1.82) is 0 Å². The second kappa shape index (κ2) is 4.98. The van der Waals surface area contributed by atoms with Crippen LogP contribution in [0.25, 0.3) is 17.3 Å². The minimum absolute atomic E-state index is 0.625. The molecule has 3 aromatic rings. The molecular weight excluding hydrogens is 308 g/mol. The van der Waals surface area contributed by atoms with Crippen LogP contribution >= 0.6 is 23.4 Å². The predicted molar refractivity (Wildman–Crippen MR) is 82.4 cm³/mol. The van der Waals surface area contributed by atoms with Gasteiger partial charge in [0, 0.05) is 16.0 Å². The van der Waals surface area contributed by atoms with Crippen LogP contribution in [0.15, 0.2) is 57.6 Å². The van der Waals surface area contributed by atoms with Gasteiger partial charge in [-0.3, -0.25) is 5.43 Å². The molecule has 104 valence electrons. The lowest BCUT2D eigenvalue weighted by Gasteiger charge is -2.19. The Labute approximate surface area is 129 Å². The van der Waals surface area contributed by atoms with E-state index in [1.807, 2.05) is 41.8 Å². The minimum atomic E-state index is 0.625. The fourth-order valence-electron chi connectivity index (χ4n) is 2.07. The molecule has 1 N–H and O–H groups in total. The van der Waals surface area contributed by atoms with Crippen molar-refractivity contribution in [3.63, 3.8) is 0 Å². The summed E-state index contributed by atoms with van der Waals surface area (Å²) >= 11 is 7.73. The normalized spacial score (nSPS) is 13.5. The Bertz CT molecular complexity index is 825. The van der Waals surface area contributed by atoms with Crippen molar-refractivity contribution in [2.45, 2.75) is 5.16 Å². The van der Waals surface area contributed by atoms with Gasteiger partial charge in [0.05, 0.1) is 12.0 Å². The van der Waals surface area contributed by atoms with Crippen LogP contribution in [-0.4, -0.2) is 14.9 Å². The quantitative estimate of drug-likeness (QED) is 0.778. The molecule has 0 aliphatic carbocycles. The number of benzene rings is 1. The van der Waals surface area contributed by atoms with Crippen LogP contribution in [0, 0.1) is 0 Å². The fourth-order valence-corrected chi connectivity index (χ4v) is 3.04. The number of hydrogen-bond donors (Lipinski definition) is 1. The number of thioether (sulfide) groups is 1. The number of hydrogen-bond acceptors (Lipinski definition) is 5. The molecule has 0 radical (unpaired) electrons. The third-order valence-corrected chi connectivity index (χ3v) is 4.21. The van der Waals surface area contributed by atoms with Crippen LogP contribution in [0.4, 0.5) is 0 Å². The molecule has 0 unspecified atom stereocenters. The molecule has 1 aliphatic rings. The van der Waals surface area contributed by atoms with Crippen LogP contribution in [-0.2, 0) is 0 Å². The van der Waals surface area contributed by atoms with E-state index in [-0.39, 0.29) is 0 Å². The summed E-state index contributed by atoms with van der Waals surface area (Å²) in [6.45, 7) is 0. The Hall–Kier alpha value is -2.18. The van der Waals surface area contributed by atoms with E-state index in [2.05, 4.69) is 15.6 Å². The molecule has 1 aliphatic heterocycles. The summed E-state index contributed by atoms with van der Waals surface area (Å²) in [6.07, 6.45) is 1.61. The van der Waals surface area contributed by atoms with Crippen molar-refractivity contribution in [2.24, 2.45) is 0 Å². The van der Waals surface area contributed by atoms with Crippen LogP contribution in [0.2, 0.25) is 5.02 Å². The summed E-state index contributed by atoms with van der Waals surface area (Å²) in [6, 6.07) is 11.3. The van der Waals surface area contributed by atoms with Gasteiger partial charge in [0.25, 0.3) is 0 Å². The second-order valence-electron chi connectivity index (χ2n) is 4.36. The maximum Gasteiger partial charge on any atom is 0.219 e. The lowest BCUT2D eigenvalue weighted by molar-refractivity contribution is 0.573. The Morgan fingerprint density at radius 3 is 2.86 bits per heavy atom. The van der Waals surface area contributed by atoms with Crippen molar-refractivity contribution in [1.82, 2.24) is 14.9 Å². The number of fused-ring (bicyclic) bond motifs is 1. The summed E-state index contributed by atoms with van der Waals surface area (Å²) in [4.78, 5) is 0. The molecule has 5 nitrogen and oxygen atoms in total. The molecule has 2 aromatic heterocycles. The topological polar surface area (TPSA) is 55.9 Å². The summed E-state index contributed by atoms with van der Waals surface area (Å²) in [5.74, 6) is 1.28. The number of furan rings is 1. The molecule has 4 rings (SSSR count). The van der Waals surface area contributed by atoms with Crippen LogP contribution in [0.3, 0.4) is 0 Å². The molecule has 21 heavy (non-hydrogen) atoms. The van der Waals surface area contributed by atoms with Crippen molar-refractivity contribution in [3.8, 4) is 11.6 Å². The van der Waals surface area contributed by atoms with Gasteiger partial charge < -0.3 is 4.42 Å². The van der Waals surface area contributed by atoms with Crippen molar-refractivity contribution in [2.75, 3.05) is 5.43 Å². The van der Waals surface area contributed by atoms with Gasteiger partial charge >= 0.3 is 0 Å². The highest BCUT2D eigenvalue weighted by molar-refractivity contribution is 8.02. The standard InChI is InChI=1S/C14H9ClN4OS/c15-10-5-2-1-4-9(10)11-8-21-14-17-16-13(19(14)18-11)12-6-3-7-20-12/h1-8,18H. The highest BCUT2D eigenvalue weighted by atomic mass is 35.5. The molecule has 0 saturated carbocycles. The maximum absolute atomic E-state index is 6.25. The average Bonchev–Trinajstić information content (AvgIpc) is 3.16. The smallest absolute Gasteiger partial charge is 0.219 e. The minimum Gasteiger partial charge on any atom is -0.461 e. The van der Waals surface area contributed by atoms with Gasteiger partial charge in [-0.2, -0.15) is 0 Å². The second-order valence-corrected chi connectivity index (χ2v) is 5.60. The van der Waals surface area contributed by atoms with E-state index in [9.17, 15) is 0 Å². The van der Waals surface area contributed by atoms with E-state index in [4.69, 9.17) is 16.0 Å². The van der Waals surface area contributed by atoms with Crippen molar-refractivity contribution in [3.05, 3.63) is 58.7 Å². The van der Waals surface area contributed by atoms with Crippen molar-refractivity contribution < 1.29 is 4.42 Å². The lowest BCUT2D eigenvalue weighted by Crippen LogP contribution is -2.18. The Morgan fingerprint density at radius 2 is 2.05 bits per heavy atom. The van der Waals surface area contributed by atoms with Gasteiger partial charge in [-0.05, 0) is 18.2 Å². The first-order chi connectivity index (χ1) is 10.3. The molecule has 0 saturated heterocycles. The molecule has 0 spiro atoms. The Balaban J connectivity index is 1.75. The average molecular weight is 317 g/mol. The highest BCUT2D eigenvalue weighted by Crippen LogP contribution is 2.33. The van der Waals surface area contributed by atoms with E-state index < -0.39 is 0 Å². The number of halogens is 1. The molecule has 0 fully saturated rings. The van der Waals surface area contributed by atoms with E-state index in [0.717, 1.165) is 16.4 Å². The zero-order chi connectivity index (χ0) is 14.2. The Kier molecular flexibility index (Phi) is 2.98. The largest absolute Gasteiger partial charge is 0.461 e. The first-order valence-corrected chi connectivity index (χ1v) is 7.47. The lowest BCUT2D eigenvalue weighted by atomic mass is 10.2. The third kappa shape index (κ3) is 2.12. The van der Waals surface area contributed by atoms with Gasteiger partial charge in [0.1, 0.15) is 0 Å². The van der Waals surface area contributed by atoms with Gasteiger partial charge in [-0.15, -0.1) is 10.2 Å². The molecule has 1 aromatic carbocycles. The zero-order valence-electron chi connectivity index (χ0n) is 10.7. The molecule has 3 heterocycles. The predicted octanol–water partition coefficient (Wildman–Crippen LogP) is 3.84. The number of aromatic nitrogens is 3.